The lowest BCUT2D eigenvalue weighted by Gasteiger charge is -2.28. The average Bonchev–Trinajstić information content (AvgIpc) is 3.26. The zero-order valence-corrected chi connectivity index (χ0v) is 17.2. The Morgan fingerprint density at radius 1 is 1.03 bits per heavy atom. The van der Waals surface area contributed by atoms with Crippen LogP contribution in [-0.4, -0.2) is 41.2 Å². The first kappa shape index (κ1) is 19.9. The lowest BCUT2D eigenvalue weighted by molar-refractivity contribution is 0.499. The van der Waals surface area contributed by atoms with Crippen LogP contribution in [0.3, 0.4) is 0 Å². The van der Waals surface area contributed by atoms with Crippen molar-refractivity contribution in [2.75, 3.05) is 16.8 Å². The van der Waals surface area contributed by atoms with Gasteiger partial charge in [-0.15, -0.1) is 0 Å². The molecule has 5 rings (SSSR count). The molecule has 11 heteroatoms. The molecule has 0 amide bonds. The van der Waals surface area contributed by atoms with E-state index in [0.29, 0.717) is 30.8 Å². The minimum absolute atomic E-state index is 0.0382. The van der Waals surface area contributed by atoms with E-state index in [-0.39, 0.29) is 23.9 Å². The van der Waals surface area contributed by atoms with Crippen molar-refractivity contribution in [2.45, 2.75) is 26.6 Å². The summed E-state index contributed by atoms with van der Waals surface area (Å²) in [5, 5.41) is 7.04. The topological polar surface area (TPSA) is 97.5 Å². The summed E-state index contributed by atoms with van der Waals surface area (Å²) >= 11 is 0. The molecule has 1 aliphatic rings. The van der Waals surface area contributed by atoms with Gasteiger partial charge in [0.15, 0.2) is 11.6 Å². The zero-order chi connectivity index (χ0) is 22.1. The SMILES string of the molecule is Cc1cc(-c2ncc(CNc3ncnc(N4CCn5ncnc5C4)c3F)cc2F)ccn1. The predicted octanol–water partition coefficient (Wildman–Crippen LogP) is 2.74. The molecule has 0 bridgehead atoms. The molecule has 162 valence electrons. The van der Waals surface area contributed by atoms with Crippen molar-refractivity contribution in [3.8, 4) is 11.3 Å². The number of hydrogen-bond donors (Lipinski definition) is 1. The number of nitrogens with zero attached hydrogens (tertiary/aromatic N) is 8. The fourth-order valence-electron chi connectivity index (χ4n) is 3.61. The van der Waals surface area contributed by atoms with Crippen molar-refractivity contribution < 1.29 is 8.78 Å². The number of aromatic nitrogens is 7. The molecule has 32 heavy (non-hydrogen) atoms. The van der Waals surface area contributed by atoms with E-state index in [4.69, 9.17) is 0 Å². The maximum atomic E-state index is 15.1. The summed E-state index contributed by atoms with van der Waals surface area (Å²) in [5.41, 5.74) is 2.23. The third kappa shape index (κ3) is 3.84. The van der Waals surface area contributed by atoms with E-state index >= 15 is 4.39 Å². The Morgan fingerprint density at radius 3 is 2.78 bits per heavy atom. The van der Waals surface area contributed by atoms with E-state index in [9.17, 15) is 4.39 Å². The van der Waals surface area contributed by atoms with Crippen LogP contribution in [0.25, 0.3) is 11.3 Å². The highest BCUT2D eigenvalue weighted by molar-refractivity contribution is 5.60. The van der Waals surface area contributed by atoms with Crippen molar-refractivity contribution in [3.05, 3.63) is 72.0 Å². The first-order valence-corrected chi connectivity index (χ1v) is 10.0. The number of aryl methyl sites for hydroxylation is 1. The maximum Gasteiger partial charge on any atom is 0.207 e. The van der Waals surface area contributed by atoms with Gasteiger partial charge in [-0.25, -0.2) is 24.0 Å². The molecule has 0 fully saturated rings. The molecule has 1 N–H and O–H groups in total. The number of hydrogen-bond acceptors (Lipinski definition) is 8. The predicted molar refractivity (Wildman–Crippen MR) is 113 cm³/mol. The molecular weight excluding hydrogens is 416 g/mol. The van der Waals surface area contributed by atoms with Gasteiger partial charge < -0.3 is 10.2 Å². The van der Waals surface area contributed by atoms with Gasteiger partial charge in [0.05, 0.1) is 13.1 Å². The zero-order valence-electron chi connectivity index (χ0n) is 17.2. The Morgan fingerprint density at radius 2 is 1.94 bits per heavy atom. The van der Waals surface area contributed by atoms with Gasteiger partial charge in [0.1, 0.15) is 30.0 Å². The van der Waals surface area contributed by atoms with E-state index in [1.807, 2.05) is 6.92 Å². The highest BCUT2D eigenvalue weighted by Crippen LogP contribution is 2.25. The van der Waals surface area contributed by atoms with Crippen LogP contribution in [0.4, 0.5) is 20.4 Å². The van der Waals surface area contributed by atoms with Gasteiger partial charge in [-0.2, -0.15) is 9.49 Å². The molecule has 0 saturated carbocycles. The van der Waals surface area contributed by atoms with Crippen molar-refractivity contribution >= 4 is 11.6 Å². The smallest absolute Gasteiger partial charge is 0.207 e. The van der Waals surface area contributed by atoms with Crippen LogP contribution in [0.5, 0.6) is 0 Å². The molecule has 9 nitrogen and oxygen atoms in total. The molecular formula is C21H19F2N9. The van der Waals surface area contributed by atoms with Gasteiger partial charge in [-0.3, -0.25) is 9.97 Å². The number of nitrogens with one attached hydrogen (secondary N) is 1. The summed E-state index contributed by atoms with van der Waals surface area (Å²) in [6.07, 6.45) is 5.95. The number of anilines is 2. The highest BCUT2D eigenvalue weighted by atomic mass is 19.1. The van der Waals surface area contributed by atoms with Crippen LogP contribution in [-0.2, 0) is 19.6 Å². The molecule has 0 aliphatic carbocycles. The molecule has 0 aromatic carbocycles. The lowest BCUT2D eigenvalue weighted by atomic mass is 10.1. The van der Waals surface area contributed by atoms with E-state index in [2.05, 4.69) is 35.3 Å². The molecule has 0 atom stereocenters. The highest BCUT2D eigenvalue weighted by Gasteiger charge is 2.23. The Kier molecular flexibility index (Phi) is 5.13. The molecule has 0 unspecified atom stereocenters. The van der Waals surface area contributed by atoms with E-state index in [1.165, 1.54) is 18.7 Å². The maximum absolute atomic E-state index is 15.1. The second kappa shape index (κ2) is 8.25. The molecule has 1 aliphatic heterocycles. The summed E-state index contributed by atoms with van der Waals surface area (Å²) in [6, 6.07) is 4.85. The first-order valence-electron chi connectivity index (χ1n) is 10.0. The quantitative estimate of drug-likeness (QED) is 0.511. The van der Waals surface area contributed by atoms with Crippen molar-refractivity contribution in [3.63, 3.8) is 0 Å². The van der Waals surface area contributed by atoms with Gasteiger partial charge in [0, 0.05) is 36.7 Å². The average molecular weight is 435 g/mol. The Bertz CT molecular complexity index is 1270. The largest absolute Gasteiger partial charge is 0.363 e. The van der Waals surface area contributed by atoms with Crippen molar-refractivity contribution in [1.82, 2.24) is 34.7 Å². The summed E-state index contributed by atoms with van der Waals surface area (Å²) in [4.78, 5) is 22.4. The van der Waals surface area contributed by atoms with Crippen molar-refractivity contribution in [2.24, 2.45) is 0 Å². The van der Waals surface area contributed by atoms with Crippen LogP contribution in [0.1, 0.15) is 17.1 Å². The van der Waals surface area contributed by atoms with E-state index in [0.717, 1.165) is 11.5 Å². The number of halogens is 2. The minimum Gasteiger partial charge on any atom is -0.363 e. The third-order valence-electron chi connectivity index (χ3n) is 5.21. The van der Waals surface area contributed by atoms with Crippen LogP contribution in [0, 0.1) is 18.6 Å². The molecule has 4 aromatic heterocycles. The van der Waals surface area contributed by atoms with Crippen LogP contribution in [0.15, 0.2) is 43.2 Å². The summed E-state index contributed by atoms with van der Waals surface area (Å²) in [6.45, 7) is 3.53. The van der Waals surface area contributed by atoms with Gasteiger partial charge in [0.25, 0.3) is 0 Å². The van der Waals surface area contributed by atoms with Crippen LogP contribution >= 0.6 is 0 Å². The molecule has 0 spiro atoms. The fraction of sp³-hybridized carbons (Fsp3) is 0.238. The summed E-state index contributed by atoms with van der Waals surface area (Å²) in [5.74, 6) is -0.0653. The molecule has 0 radical (unpaired) electrons. The standard InChI is InChI=1S/C21H19F2N9/c1-13-6-15(2-3-24-13)19-16(22)7-14(8-25-19)9-26-20-18(23)21(29-11-28-20)31-4-5-32-17(10-31)27-12-30-32/h2-3,6-8,11-12H,4-5,9-10H2,1H3,(H,26,28,29). The molecule has 4 aromatic rings. The molecule has 0 saturated heterocycles. The van der Waals surface area contributed by atoms with E-state index in [1.54, 1.807) is 34.1 Å². The van der Waals surface area contributed by atoms with Crippen LogP contribution < -0.4 is 10.2 Å². The Labute approximate surface area is 182 Å². The first-order chi connectivity index (χ1) is 15.6. The second-order valence-electron chi connectivity index (χ2n) is 7.39. The normalized spacial score (nSPS) is 13.2. The van der Waals surface area contributed by atoms with Gasteiger partial charge in [0.2, 0.25) is 5.82 Å². The fourth-order valence-corrected chi connectivity index (χ4v) is 3.61. The van der Waals surface area contributed by atoms with Gasteiger partial charge >= 0.3 is 0 Å². The second-order valence-corrected chi connectivity index (χ2v) is 7.39. The minimum atomic E-state index is -0.572. The number of pyridine rings is 2. The van der Waals surface area contributed by atoms with Gasteiger partial charge in [-0.05, 0) is 30.7 Å². The Hall–Kier alpha value is -4.02. The summed E-state index contributed by atoms with van der Waals surface area (Å²) < 4.78 is 31.5. The monoisotopic (exact) mass is 435 g/mol. The molecule has 5 heterocycles. The number of fused-ring (bicyclic) bond motifs is 1. The van der Waals surface area contributed by atoms with Crippen LogP contribution in [0.2, 0.25) is 0 Å². The third-order valence-corrected chi connectivity index (χ3v) is 5.21. The lowest BCUT2D eigenvalue weighted by Crippen LogP contribution is -2.35. The van der Waals surface area contributed by atoms with Crippen molar-refractivity contribution in [1.29, 1.82) is 0 Å². The Balaban J connectivity index is 1.31. The summed E-state index contributed by atoms with van der Waals surface area (Å²) in [7, 11) is 0. The van der Waals surface area contributed by atoms with Gasteiger partial charge in [-0.1, -0.05) is 0 Å². The van der Waals surface area contributed by atoms with E-state index < -0.39 is 11.6 Å². The number of rotatable bonds is 5.